The molecule has 1 N–H and O–H groups in total. The largest absolute Gasteiger partial charge is 0.446 e. The Labute approximate surface area is 103 Å². The maximum absolute atomic E-state index is 11.3. The summed E-state index contributed by atoms with van der Waals surface area (Å²) in [4.78, 5) is 11.3. The minimum Gasteiger partial charge on any atom is -0.446 e. The molecule has 0 aliphatic heterocycles. The van der Waals surface area contributed by atoms with Crippen molar-refractivity contribution in [1.29, 1.82) is 0 Å². The van der Waals surface area contributed by atoms with Crippen molar-refractivity contribution in [3.8, 4) is 0 Å². The molecule has 0 bridgehead atoms. The van der Waals surface area contributed by atoms with Crippen molar-refractivity contribution >= 4 is 6.09 Å². The third-order valence-electron chi connectivity index (χ3n) is 2.89. The Morgan fingerprint density at radius 3 is 2.53 bits per heavy atom. The molecule has 0 radical (unpaired) electrons. The van der Waals surface area contributed by atoms with Gasteiger partial charge in [0.15, 0.2) is 0 Å². The molecule has 1 amide bonds. The molecule has 1 aromatic rings. The monoisotopic (exact) mass is 235 g/mol. The molecule has 0 saturated carbocycles. The number of hydrogen-bond acceptors (Lipinski definition) is 2. The number of alkyl carbamates (subject to hydrolysis) is 1. The van der Waals surface area contributed by atoms with Crippen LogP contribution in [0.5, 0.6) is 0 Å². The average molecular weight is 235 g/mol. The third kappa shape index (κ3) is 4.10. The van der Waals surface area contributed by atoms with Crippen molar-refractivity contribution in [3.05, 3.63) is 35.4 Å². The number of carbonyl (C=O) groups excluding carboxylic acids is 1. The van der Waals surface area contributed by atoms with E-state index in [1.807, 2.05) is 12.1 Å². The van der Waals surface area contributed by atoms with Gasteiger partial charge in [-0.2, -0.15) is 0 Å². The Bertz CT molecular complexity index is 374. The Morgan fingerprint density at radius 2 is 2.00 bits per heavy atom. The summed E-state index contributed by atoms with van der Waals surface area (Å²) in [6.45, 7) is 6.20. The molecule has 0 fully saturated rings. The molecule has 0 aliphatic carbocycles. The Kier molecular flexibility index (Phi) is 5.01. The fraction of sp³-hybridized carbons (Fsp3) is 0.500. The molecule has 1 rings (SSSR count). The minimum atomic E-state index is -0.364. The number of nitrogens with one attached hydrogen (secondary N) is 1. The highest BCUT2D eigenvalue weighted by atomic mass is 16.6. The zero-order valence-electron chi connectivity index (χ0n) is 11.0. The van der Waals surface area contributed by atoms with Crippen LogP contribution in [-0.2, 0) is 11.2 Å². The molecule has 0 aliphatic rings. The van der Waals surface area contributed by atoms with E-state index >= 15 is 0 Å². The number of benzene rings is 1. The van der Waals surface area contributed by atoms with Crippen LogP contribution in [0, 0.1) is 12.8 Å². The van der Waals surface area contributed by atoms with Crippen LogP contribution in [0.25, 0.3) is 0 Å². The van der Waals surface area contributed by atoms with E-state index in [4.69, 9.17) is 4.74 Å². The zero-order chi connectivity index (χ0) is 12.8. The van der Waals surface area contributed by atoms with Crippen LogP contribution < -0.4 is 5.32 Å². The zero-order valence-corrected chi connectivity index (χ0v) is 11.0. The lowest BCUT2D eigenvalue weighted by molar-refractivity contribution is 0.0727. The Hall–Kier alpha value is -1.51. The standard InChI is InChI=1S/C14H21NO2/c1-10(2)13(17-14(16)15-4)9-12-8-6-5-7-11(12)3/h5-8,10,13H,9H2,1-4H3,(H,15,16)/t13-/m1/s1. The van der Waals surface area contributed by atoms with Gasteiger partial charge in [0, 0.05) is 13.5 Å². The highest BCUT2D eigenvalue weighted by Crippen LogP contribution is 2.16. The highest BCUT2D eigenvalue weighted by Gasteiger charge is 2.18. The molecule has 0 aromatic heterocycles. The fourth-order valence-corrected chi connectivity index (χ4v) is 1.67. The molecule has 0 heterocycles. The molecule has 94 valence electrons. The van der Waals surface area contributed by atoms with Crippen LogP contribution in [0.2, 0.25) is 0 Å². The van der Waals surface area contributed by atoms with Gasteiger partial charge in [-0.1, -0.05) is 38.1 Å². The van der Waals surface area contributed by atoms with E-state index in [0.717, 1.165) is 6.42 Å². The fourth-order valence-electron chi connectivity index (χ4n) is 1.67. The molecule has 3 nitrogen and oxygen atoms in total. The molecule has 0 saturated heterocycles. The molecule has 0 spiro atoms. The van der Waals surface area contributed by atoms with E-state index in [1.54, 1.807) is 7.05 Å². The lowest BCUT2D eigenvalue weighted by Gasteiger charge is -2.22. The second-order valence-corrected chi connectivity index (χ2v) is 4.57. The van der Waals surface area contributed by atoms with Gasteiger partial charge in [-0.05, 0) is 24.0 Å². The number of hydrogen-bond donors (Lipinski definition) is 1. The molecular formula is C14H21NO2. The quantitative estimate of drug-likeness (QED) is 0.871. The van der Waals surface area contributed by atoms with Gasteiger partial charge in [-0.25, -0.2) is 4.79 Å². The molecule has 17 heavy (non-hydrogen) atoms. The first-order valence-electron chi connectivity index (χ1n) is 5.97. The second kappa shape index (κ2) is 6.28. The first-order chi connectivity index (χ1) is 8.04. The molecule has 3 heteroatoms. The molecule has 1 aromatic carbocycles. The lowest BCUT2D eigenvalue weighted by Crippen LogP contribution is -2.31. The van der Waals surface area contributed by atoms with Crippen LogP contribution in [0.15, 0.2) is 24.3 Å². The maximum Gasteiger partial charge on any atom is 0.407 e. The smallest absolute Gasteiger partial charge is 0.407 e. The van der Waals surface area contributed by atoms with E-state index in [-0.39, 0.29) is 12.2 Å². The Balaban J connectivity index is 2.74. The van der Waals surface area contributed by atoms with Crippen LogP contribution in [0.3, 0.4) is 0 Å². The van der Waals surface area contributed by atoms with Crippen molar-refractivity contribution in [2.75, 3.05) is 7.05 Å². The summed E-state index contributed by atoms with van der Waals surface area (Å²) in [5.41, 5.74) is 2.47. The molecule has 1 atom stereocenters. The van der Waals surface area contributed by atoms with Crippen molar-refractivity contribution in [2.45, 2.75) is 33.3 Å². The Morgan fingerprint density at radius 1 is 1.35 bits per heavy atom. The number of aryl methyl sites for hydroxylation is 1. The van der Waals surface area contributed by atoms with E-state index in [1.165, 1.54) is 11.1 Å². The van der Waals surface area contributed by atoms with Gasteiger partial charge in [-0.15, -0.1) is 0 Å². The van der Waals surface area contributed by atoms with Crippen LogP contribution in [-0.4, -0.2) is 19.2 Å². The van der Waals surface area contributed by atoms with Gasteiger partial charge in [0.05, 0.1) is 0 Å². The van der Waals surface area contributed by atoms with Crippen molar-refractivity contribution in [3.63, 3.8) is 0 Å². The maximum atomic E-state index is 11.3. The summed E-state index contributed by atoms with van der Waals surface area (Å²) in [7, 11) is 1.58. The molecule has 0 unspecified atom stereocenters. The van der Waals surface area contributed by atoms with E-state index < -0.39 is 0 Å². The summed E-state index contributed by atoms with van der Waals surface area (Å²) in [6.07, 6.45) is 0.311. The van der Waals surface area contributed by atoms with Crippen molar-refractivity contribution in [1.82, 2.24) is 5.32 Å². The normalized spacial score (nSPS) is 12.3. The van der Waals surface area contributed by atoms with Crippen molar-refractivity contribution < 1.29 is 9.53 Å². The first kappa shape index (κ1) is 13.6. The lowest BCUT2D eigenvalue weighted by atomic mass is 9.96. The third-order valence-corrected chi connectivity index (χ3v) is 2.89. The summed E-state index contributed by atoms with van der Waals surface area (Å²) >= 11 is 0. The van der Waals surface area contributed by atoms with Gasteiger partial charge < -0.3 is 10.1 Å². The van der Waals surface area contributed by atoms with E-state index in [9.17, 15) is 4.79 Å². The van der Waals surface area contributed by atoms with Gasteiger partial charge in [0.2, 0.25) is 0 Å². The van der Waals surface area contributed by atoms with E-state index in [2.05, 4.69) is 38.2 Å². The van der Waals surface area contributed by atoms with Gasteiger partial charge >= 0.3 is 6.09 Å². The number of ether oxygens (including phenoxy) is 1. The number of rotatable bonds is 4. The minimum absolute atomic E-state index is 0.0870. The first-order valence-corrected chi connectivity index (χ1v) is 5.97. The summed E-state index contributed by atoms with van der Waals surface area (Å²) < 4.78 is 5.37. The molecular weight excluding hydrogens is 214 g/mol. The SMILES string of the molecule is CNC(=O)O[C@H](Cc1ccccc1C)C(C)C. The summed E-state index contributed by atoms with van der Waals surface area (Å²) in [6, 6.07) is 8.19. The van der Waals surface area contributed by atoms with Gasteiger partial charge in [0.25, 0.3) is 0 Å². The highest BCUT2D eigenvalue weighted by molar-refractivity contribution is 5.66. The predicted molar refractivity (Wildman–Crippen MR) is 69.0 cm³/mol. The van der Waals surface area contributed by atoms with Crippen LogP contribution in [0.1, 0.15) is 25.0 Å². The number of amides is 1. The summed E-state index contributed by atoms with van der Waals surface area (Å²) in [5, 5.41) is 2.49. The summed E-state index contributed by atoms with van der Waals surface area (Å²) in [5.74, 6) is 0.298. The topological polar surface area (TPSA) is 38.3 Å². The van der Waals surface area contributed by atoms with Crippen LogP contribution in [0.4, 0.5) is 4.79 Å². The second-order valence-electron chi connectivity index (χ2n) is 4.57. The van der Waals surface area contributed by atoms with Gasteiger partial charge in [0.1, 0.15) is 6.10 Å². The van der Waals surface area contributed by atoms with E-state index in [0.29, 0.717) is 5.92 Å². The number of carbonyl (C=O) groups is 1. The van der Waals surface area contributed by atoms with Crippen molar-refractivity contribution in [2.24, 2.45) is 5.92 Å². The average Bonchev–Trinajstić information content (AvgIpc) is 2.30. The predicted octanol–water partition coefficient (Wildman–Crippen LogP) is 2.92. The van der Waals surface area contributed by atoms with Crippen LogP contribution >= 0.6 is 0 Å². The van der Waals surface area contributed by atoms with Gasteiger partial charge in [-0.3, -0.25) is 0 Å².